The number of rotatable bonds is 5. The van der Waals surface area contributed by atoms with Crippen LogP contribution < -0.4 is 4.90 Å². The van der Waals surface area contributed by atoms with E-state index in [1.165, 1.54) is 16.7 Å². The van der Waals surface area contributed by atoms with Crippen molar-refractivity contribution in [2.45, 2.75) is 33.5 Å². The molecule has 0 radical (unpaired) electrons. The van der Waals surface area contributed by atoms with Gasteiger partial charge in [-0.2, -0.15) is 0 Å². The van der Waals surface area contributed by atoms with Gasteiger partial charge in [0.15, 0.2) is 10.6 Å². The monoisotopic (exact) mass is 408 g/mol. The molecule has 0 atom stereocenters. The minimum absolute atomic E-state index is 0.110. The molecule has 2 heterocycles. The van der Waals surface area contributed by atoms with Gasteiger partial charge in [0.2, 0.25) is 0 Å². The molecule has 0 N–H and O–H groups in total. The van der Waals surface area contributed by atoms with E-state index in [0.29, 0.717) is 6.04 Å². The van der Waals surface area contributed by atoms with Gasteiger partial charge in [0.05, 0.1) is 17.7 Å². The lowest BCUT2D eigenvalue weighted by molar-refractivity contribution is 0.101. The van der Waals surface area contributed by atoms with Crippen LogP contribution in [0.5, 0.6) is 0 Å². The number of hydrogen-bond acceptors (Lipinski definition) is 4. The van der Waals surface area contributed by atoms with E-state index in [1.54, 1.807) is 6.92 Å². The number of hydrogen-bond donors (Lipinski definition) is 0. The summed E-state index contributed by atoms with van der Waals surface area (Å²) in [6.07, 6.45) is 0. The van der Waals surface area contributed by atoms with Crippen molar-refractivity contribution in [2.75, 3.05) is 31.1 Å². The van der Waals surface area contributed by atoms with Crippen LogP contribution in [0.2, 0.25) is 0 Å². The summed E-state index contributed by atoms with van der Waals surface area (Å²) in [6.45, 7) is 10.7. The van der Waals surface area contributed by atoms with Gasteiger partial charge in [-0.05, 0) is 69.4 Å². The standard InChI is InChI=1S/C23H28N4OS/c1-17(2)27-22-7-5-4-6-21(22)26(23(27)29)16-24-12-14-25(15-13-24)20-10-8-19(9-11-20)18(3)28/h4-11,17H,12-16H2,1-3H3. The van der Waals surface area contributed by atoms with Gasteiger partial charge in [-0.15, -0.1) is 0 Å². The molecule has 152 valence electrons. The number of carbonyl (C=O) groups is 1. The van der Waals surface area contributed by atoms with E-state index < -0.39 is 0 Å². The molecule has 0 aliphatic carbocycles. The van der Waals surface area contributed by atoms with E-state index in [4.69, 9.17) is 12.2 Å². The number of para-hydroxylation sites is 2. The number of ketones is 1. The van der Waals surface area contributed by atoms with Crippen LogP contribution in [0.4, 0.5) is 5.69 Å². The lowest BCUT2D eigenvalue weighted by Crippen LogP contribution is -2.46. The Morgan fingerprint density at radius 2 is 1.59 bits per heavy atom. The largest absolute Gasteiger partial charge is 0.369 e. The van der Waals surface area contributed by atoms with Crippen molar-refractivity contribution < 1.29 is 4.79 Å². The molecule has 2 aromatic carbocycles. The number of benzene rings is 2. The quantitative estimate of drug-likeness (QED) is 0.451. The van der Waals surface area contributed by atoms with E-state index >= 15 is 0 Å². The van der Waals surface area contributed by atoms with Crippen LogP contribution in [-0.2, 0) is 6.67 Å². The van der Waals surface area contributed by atoms with Crippen molar-refractivity contribution in [3.8, 4) is 0 Å². The van der Waals surface area contributed by atoms with E-state index in [0.717, 1.165) is 43.2 Å². The maximum Gasteiger partial charge on any atom is 0.182 e. The number of Topliss-reactive ketones (excluding diaryl/α,β-unsaturated/α-hetero) is 1. The van der Waals surface area contributed by atoms with Crippen molar-refractivity contribution >= 4 is 34.7 Å². The Bertz CT molecular complexity index is 1070. The highest BCUT2D eigenvalue weighted by Crippen LogP contribution is 2.23. The molecule has 4 rings (SSSR count). The maximum absolute atomic E-state index is 11.5. The highest BCUT2D eigenvalue weighted by Gasteiger charge is 2.20. The molecule has 3 aromatic rings. The summed E-state index contributed by atoms with van der Waals surface area (Å²) in [4.78, 5) is 16.3. The molecule has 1 aliphatic rings. The Hall–Kier alpha value is -2.44. The van der Waals surface area contributed by atoms with Crippen molar-refractivity contribution in [3.63, 3.8) is 0 Å². The average molecular weight is 409 g/mol. The summed E-state index contributed by atoms with van der Waals surface area (Å²) in [5.74, 6) is 0.110. The molecule has 0 amide bonds. The first kappa shape index (κ1) is 19.9. The molecule has 0 spiro atoms. The topological polar surface area (TPSA) is 33.4 Å². The molecule has 1 saturated heterocycles. The average Bonchev–Trinajstić information content (AvgIpc) is 3.00. The fourth-order valence-corrected chi connectivity index (χ4v) is 4.59. The highest BCUT2D eigenvalue weighted by molar-refractivity contribution is 7.71. The normalized spacial score (nSPS) is 15.4. The Balaban J connectivity index is 1.48. The number of piperazine rings is 1. The zero-order chi connectivity index (χ0) is 20.5. The van der Waals surface area contributed by atoms with Crippen LogP contribution >= 0.6 is 12.2 Å². The second kappa shape index (κ2) is 8.13. The first-order valence-electron chi connectivity index (χ1n) is 10.2. The van der Waals surface area contributed by atoms with Gasteiger partial charge in [-0.1, -0.05) is 12.1 Å². The summed E-state index contributed by atoms with van der Waals surface area (Å²) in [6, 6.07) is 16.8. The number of carbonyl (C=O) groups excluding carboxylic acids is 1. The number of imidazole rings is 1. The predicted octanol–water partition coefficient (Wildman–Crippen LogP) is 4.74. The summed E-state index contributed by atoms with van der Waals surface area (Å²) in [5, 5.41) is 0. The van der Waals surface area contributed by atoms with Gasteiger partial charge in [0, 0.05) is 43.5 Å². The van der Waals surface area contributed by atoms with Crippen LogP contribution in [0.25, 0.3) is 11.0 Å². The molecule has 1 aliphatic heterocycles. The fourth-order valence-electron chi connectivity index (χ4n) is 4.12. The van der Waals surface area contributed by atoms with E-state index in [1.807, 2.05) is 12.1 Å². The Kier molecular flexibility index (Phi) is 5.56. The van der Waals surface area contributed by atoms with Crippen LogP contribution in [-0.4, -0.2) is 46.0 Å². The fraction of sp³-hybridized carbons (Fsp3) is 0.391. The van der Waals surface area contributed by atoms with Gasteiger partial charge < -0.3 is 14.0 Å². The summed E-state index contributed by atoms with van der Waals surface area (Å²) in [5.41, 5.74) is 4.36. The lowest BCUT2D eigenvalue weighted by atomic mass is 10.1. The maximum atomic E-state index is 11.5. The number of nitrogens with zero attached hydrogens (tertiary/aromatic N) is 4. The first-order chi connectivity index (χ1) is 14.0. The third-order valence-corrected chi connectivity index (χ3v) is 6.16. The smallest absolute Gasteiger partial charge is 0.182 e. The molecular weight excluding hydrogens is 380 g/mol. The van der Waals surface area contributed by atoms with Crippen LogP contribution in [0.3, 0.4) is 0 Å². The van der Waals surface area contributed by atoms with E-state index in [2.05, 4.69) is 69.2 Å². The van der Waals surface area contributed by atoms with Gasteiger partial charge >= 0.3 is 0 Å². The van der Waals surface area contributed by atoms with E-state index in [-0.39, 0.29) is 5.78 Å². The highest BCUT2D eigenvalue weighted by atomic mass is 32.1. The molecule has 29 heavy (non-hydrogen) atoms. The number of aromatic nitrogens is 2. The molecular formula is C23H28N4OS. The molecule has 5 nitrogen and oxygen atoms in total. The summed E-state index contributed by atoms with van der Waals surface area (Å²) < 4.78 is 5.41. The SMILES string of the molecule is CC(=O)c1ccc(N2CCN(Cn3c(=S)n(C(C)C)c4ccccc43)CC2)cc1. The molecule has 1 fully saturated rings. The van der Waals surface area contributed by atoms with Gasteiger partial charge in [-0.3, -0.25) is 9.69 Å². The third-order valence-electron chi connectivity index (χ3n) is 5.74. The zero-order valence-corrected chi connectivity index (χ0v) is 18.2. The Morgan fingerprint density at radius 1 is 0.966 bits per heavy atom. The van der Waals surface area contributed by atoms with Crippen LogP contribution in [0.1, 0.15) is 37.2 Å². The number of fused-ring (bicyclic) bond motifs is 1. The van der Waals surface area contributed by atoms with Crippen molar-refractivity contribution in [3.05, 3.63) is 58.9 Å². The zero-order valence-electron chi connectivity index (χ0n) is 17.3. The van der Waals surface area contributed by atoms with Crippen molar-refractivity contribution in [1.82, 2.24) is 14.0 Å². The van der Waals surface area contributed by atoms with Gasteiger partial charge in [0.25, 0.3) is 0 Å². The molecule has 0 saturated carbocycles. The first-order valence-corrected chi connectivity index (χ1v) is 10.6. The number of anilines is 1. The lowest BCUT2D eigenvalue weighted by Gasteiger charge is -2.36. The summed E-state index contributed by atoms with van der Waals surface area (Å²) in [7, 11) is 0. The Labute approximate surface area is 177 Å². The second-order valence-electron chi connectivity index (χ2n) is 8.01. The predicted molar refractivity (Wildman–Crippen MR) is 121 cm³/mol. The molecule has 0 unspecified atom stereocenters. The van der Waals surface area contributed by atoms with Gasteiger partial charge in [-0.25, -0.2) is 0 Å². The summed E-state index contributed by atoms with van der Waals surface area (Å²) >= 11 is 5.83. The van der Waals surface area contributed by atoms with Gasteiger partial charge in [0.1, 0.15) is 0 Å². The third kappa shape index (κ3) is 3.87. The van der Waals surface area contributed by atoms with Crippen LogP contribution in [0.15, 0.2) is 48.5 Å². The van der Waals surface area contributed by atoms with Crippen molar-refractivity contribution in [1.29, 1.82) is 0 Å². The molecule has 1 aromatic heterocycles. The minimum Gasteiger partial charge on any atom is -0.369 e. The Morgan fingerprint density at radius 3 is 2.17 bits per heavy atom. The minimum atomic E-state index is 0.110. The van der Waals surface area contributed by atoms with E-state index in [9.17, 15) is 4.79 Å². The molecule has 0 bridgehead atoms. The second-order valence-corrected chi connectivity index (χ2v) is 8.38. The van der Waals surface area contributed by atoms with Crippen LogP contribution in [0, 0.1) is 4.77 Å². The molecule has 6 heteroatoms. The van der Waals surface area contributed by atoms with Crippen molar-refractivity contribution in [2.24, 2.45) is 0 Å².